The number of benzene rings is 1. The summed E-state index contributed by atoms with van der Waals surface area (Å²) in [4.78, 5) is 40.5. The van der Waals surface area contributed by atoms with E-state index in [0.29, 0.717) is 11.4 Å². The molecule has 0 bridgehead atoms. The van der Waals surface area contributed by atoms with Crippen molar-refractivity contribution in [3.8, 4) is 5.75 Å². The van der Waals surface area contributed by atoms with Crippen molar-refractivity contribution in [2.45, 2.75) is 32.2 Å². The molecule has 0 saturated carbocycles. The summed E-state index contributed by atoms with van der Waals surface area (Å²) in [6, 6.07) is 7.36. The minimum atomic E-state index is -0.408. The van der Waals surface area contributed by atoms with Gasteiger partial charge in [-0.25, -0.2) is 0 Å². The summed E-state index contributed by atoms with van der Waals surface area (Å²) in [5, 5.41) is -0.396. The van der Waals surface area contributed by atoms with Gasteiger partial charge in [-0.05, 0) is 61.7 Å². The van der Waals surface area contributed by atoms with E-state index in [4.69, 9.17) is 4.74 Å². The summed E-state index contributed by atoms with van der Waals surface area (Å²) in [5.74, 6) is 0.149. The fourth-order valence-corrected chi connectivity index (χ4v) is 4.02. The van der Waals surface area contributed by atoms with E-state index in [1.165, 1.54) is 0 Å². The maximum Gasteiger partial charge on any atom is 0.294 e. The molecule has 2 heterocycles. The maximum atomic E-state index is 12.6. The molecule has 3 rings (SSSR count). The lowest BCUT2D eigenvalue weighted by Crippen LogP contribution is -2.47. The van der Waals surface area contributed by atoms with Crippen LogP contribution in [0.2, 0.25) is 0 Å². The summed E-state index contributed by atoms with van der Waals surface area (Å²) in [5.41, 5.74) is 0.798. The summed E-state index contributed by atoms with van der Waals surface area (Å²) in [6.45, 7) is 2.52. The number of amides is 3. The second kappa shape index (κ2) is 7.95. The Labute approximate surface area is 157 Å². The SMILES string of the molecule is COc1ccc(/C=C2\SC(=O)N(CC(=O)N3CCCC[C@H]3C)C2=O)cc1. The van der Waals surface area contributed by atoms with Crippen molar-refractivity contribution in [1.29, 1.82) is 0 Å². The molecule has 1 aromatic rings. The van der Waals surface area contributed by atoms with E-state index in [1.807, 2.05) is 19.1 Å². The first-order valence-electron chi connectivity index (χ1n) is 8.68. The van der Waals surface area contributed by atoms with Crippen molar-refractivity contribution < 1.29 is 19.1 Å². The summed E-state index contributed by atoms with van der Waals surface area (Å²) in [7, 11) is 1.58. The van der Waals surface area contributed by atoms with Gasteiger partial charge in [0.05, 0.1) is 12.0 Å². The fourth-order valence-electron chi connectivity index (χ4n) is 3.18. The molecule has 2 saturated heterocycles. The Balaban J connectivity index is 1.69. The Morgan fingerprint density at radius 2 is 2.00 bits per heavy atom. The number of imide groups is 1. The predicted octanol–water partition coefficient (Wildman–Crippen LogP) is 3.13. The van der Waals surface area contributed by atoms with E-state index in [0.717, 1.165) is 47.2 Å². The van der Waals surface area contributed by atoms with Crippen molar-refractivity contribution in [2.24, 2.45) is 0 Å². The molecule has 7 heteroatoms. The molecule has 1 aromatic carbocycles. The molecule has 2 aliphatic rings. The second-order valence-corrected chi connectivity index (χ2v) is 7.47. The van der Waals surface area contributed by atoms with Crippen LogP contribution in [0.5, 0.6) is 5.75 Å². The molecule has 2 fully saturated rings. The van der Waals surface area contributed by atoms with Crippen LogP contribution in [-0.2, 0) is 9.59 Å². The normalized spacial score (nSPS) is 22.2. The highest BCUT2D eigenvalue weighted by Gasteiger charge is 2.37. The van der Waals surface area contributed by atoms with E-state index in [9.17, 15) is 14.4 Å². The fraction of sp³-hybridized carbons (Fsp3) is 0.421. The molecule has 0 unspecified atom stereocenters. The summed E-state index contributed by atoms with van der Waals surface area (Å²) >= 11 is 0.873. The van der Waals surface area contributed by atoms with Gasteiger partial charge in [0.2, 0.25) is 5.91 Å². The van der Waals surface area contributed by atoms with Crippen molar-refractivity contribution in [3.63, 3.8) is 0 Å². The van der Waals surface area contributed by atoms with E-state index in [-0.39, 0.29) is 18.5 Å². The van der Waals surface area contributed by atoms with Crippen LogP contribution < -0.4 is 4.74 Å². The molecule has 0 aromatic heterocycles. The maximum absolute atomic E-state index is 12.6. The van der Waals surface area contributed by atoms with Gasteiger partial charge in [-0.1, -0.05) is 12.1 Å². The quantitative estimate of drug-likeness (QED) is 0.758. The number of piperidine rings is 1. The standard InChI is InChI=1S/C19H22N2O4S/c1-13-5-3-4-10-20(13)17(22)12-21-18(23)16(26-19(21)24)11-14-6-8-15(25-2)9-7-14/h6-9,11,13H,3-5,10,12H2,1-2H3/b16-11-/t13-/m1/s1. The molecule has 0 spiro atoms. The van der Waals surface area contributed by atoms with Crippen molar-refractivity contribution in [1.82, 2.24) is 9.80 Å². The lowest BCUT2D eigenvalue weighted by Gasteiger charge is -2.34. The number of nitrogens with zero attached hydrogens (tertiary/aromatic N) is 2. The Hall–Kier alpha value is -2.28. The second-order valence-electron chi connectivity index (χ2n) is 6.47. The monoisotopic (exact) mass is 374 g/mol. The lowest BCUT2D eigenvalue weighted by molar-refractivity contribution is -0.138. The van der Waals surface area contributed by atoms with Crippen molar-refractivity contribution in [2.75, 3.05) is 20.2 Å². The highest BCUT2D eigenvalue weighted by atomic mass is 32.2. The van der Waals surface area contributed by atoms with Crippen LogP contribution in [0, 0.1) is 0 Å². The highest BCUT2D eigenvalue weighted by Crippen LogP contribution is 2.32. The van der Waals surface area contributed by atoms with Crippen LogP contribution in [0.25, 0.3) is 6.08 Å². The number of methoxy groups -OCH3 is 1. The number of rotatable bonds is 4. The van der Waals surface area contributed by atoms with Crippen LogP contribution in [-0.4, -0.2) is 53.1 Å². The molecule has 1 atom stereocenters. The molecule has 6 nitrogen and oxygen atoms in total. The number of carbonyl (C=O) groups is 3. The Morgan fingerprint density at radius 1 is 1.27 bits per heavy atom. The molecular formula is C19H22N2O4S. The average molecular weight is 374 g/mol. The van der Waals surface area contributed by atoms with E-state index in [2.05, 4.69) is 0 Å². The Morgan fingerprint density at radius 3 is 2.65 bits per heavy atom. The number of likely N-dealkylation sites (tertiary alicyclic amines) is 1. The first-order valence-corrected chi connectivity index (χ1v) is 9.50. The van der Waals surface area contributed by atoms with Crippen LogP contribution >= 0.6 is 11.8 Å². The third kappa shape index (κ3) is 3.93. The van der Waals surface area contributed by atoms with Gasteiger partial charge in [-0.3, -0.25) is 19.3 Å². The highest BCUT2D eigenvalue weighted by molar-refractivity contribution is 8.18. The third-order valence-electron chi connectivity index (χ3n) is 4.70. The van der Waals surface area contributed by atoms with Crippen molar-refractivity contribution >= 4 is 34.9 Å². The van der Waals surface area contributed by atoms with Gasteiger partial charge >= 0.3 is 0 Å². The lowest BCUT2D eigenvalue weighted by atomic mass is 10.0. The molecule has 0 radical (unpaired) electrons. The summed E-state index contributed by atoms with van der Waals surface area (Å²) in [6.07, 6.45) is 4.70. The predicted molar refractivity (Wildman–Crippen MR) is 101 cm³/mol. The molecular weight excluding hydrogens is 352 g/mol. The number of ether oxygens (including phenoxy) is 1. The van der Waals surface area contributed by atoms with Crippen LogP contribution in [0.4, 0.5) is 4.79 Å². The average Bonchev–Trinajstić information content (AvgIpc) is 2.90. The zero-order valence-corrected chi connectivity index (χ0v) is 15.8. The van der Waals surface area contributed by atoms with Gasteiger partial charge in [-0.15, -0.1) is 0 Å². The van der Waals surface area contributed by atoms with E-state index in [1.54, 1.807) is 30.2 Å². The topological polar surface area (TPSA) is 66.9 Å². The van der Waals surface area contributed by atoms with Gasteiger partial charge in [0, 0.05) is 12.6 Å². The Kier molecular flexibility index (Phi) is 5.66. The van der Waals surface area contributed by atoms with Gasteiger partial charge in [0.25, 0.3) is 11.1 Å². The molecule has 2 aliphatic heterocycles. The minimum Gasteiger partial charge on any atom is -0.497 e. The zero-order valence-electron chi connectivity index (χ0n) is 14.9. The smallest absolute Gasteiger partial charge is 0.294 e. The molecule has 138 valence electrons. The van der Waals surface area contributed by atoms with Crippen molar-refractivity contribution in [3.05, 3.63) is 34.7 Å². The van der Waals surface area contributed by atoms with Crippen LogP contribution in [0.3, 0.4) is 0 Å². The van der Waals surface area contributed by atoms with Gasteiger partial charge < -0.3 is 9.64 Å². The van der Waals surface area contributed by atoms with E-state index >= 15 is 0 Å². The van der Waals surface area contributed by atoms with E-state index < -0.39 is 11.1 Å². The van der Waals surface area contributed by atoms with Gasteiger partial charge in [-0.2, -0.15) is 0 Å². The molecule has 0 aliphatic carbocycles. The first kappa shape index (κ1) is 18.5. The zero-order chi connectivity index (χ0) is 18.7. The van der Waals surface area contributed by atoms with Gasteiger partial charge in [0.15, 0.2) is 0 Å². The molecule has 0 N–H and O–H groups in total. The number of carbonyl (C=O) groups excluding carboxylic acids is 3. The summed E-state index contributed by atoms with van der Waals surface area (Å²) < 4.78 is 5.11. The molecule has 3 amide bonds. The Bertz CT molecular complexity index is 744. The number of hydrogen-bond acceptors (Lipinski definition) is 5. The van der Waals surface area contributed by atoms with Crippen LogP contribution in [0.15, 0.2) is 29.2 Å². The van der Waals surface area contributed by atoms with Crippen LogP contribution in [0.1, 0.15) is 31.7 Å². The molecule has 26 heavy (non-hydrogen) atoms. The number of thioether (sulfide) groups is 1. The van der Waals surface area contributed by atoms with Gasteiger partial charge in [0.1, 0.15) is 12.3 Å². The number of hydrogen-bond donors (Lipinski definition) is 0. The minimum absolute atomic E-state index is 0.158. The third-order valence-corrected chi connectivity index (χ3v) is 5.61. The largest absolute Gasteiger partial charge is 0.497 e. The first-order chi connectivity index (χ1) is 12.5.